The number of carbonyl (C=O) groups excluding carboxylic acids is 2. The van der Waals surface area contributed by atoms with E-state index in [0.717, 1.165) is 17.8 Å². The van der Waals surface area contributed by atoms with E-state index >= 15 is 0 Å². The summed E-state index contributed by atoms with van der Waals surface area (Å²) in [5, 5.41) is 3.96. The molecule has 104 valence electrons. The van der Waals surface area contributed by atoms with E-state index in [1.165, 1.54) is 7.11 Å². The summed E-state index contributed by atoms with van der Waals surface area (Å²) in [6, 6.07) is 5.01. The number of rotatable bonds is 2. The average Bonchev–Trinajstić information content (AvgIpc) is 2.74. The number of anilines is 1. The molecule has 0 saturated heterocycles. The van der Waals surface area contributed by atoms with E-state index in [0.29, 0.717) is 20.9 Å². The van der Waals surface area contributed by atoms with Crippen molar-refractivity contribution in [3.05, 3.63) is 39.2 Å². The van der Waals surface area contributed by atoms with Gasteiger partial charge in [0.25, 0.3) is 5.91 Å². The Balaban J connectivity index is 2.17. The molecule has 0 aliphatic carbocycles. The van der Waals surface area contributed by atoms with E-state index in [1.807, 2.05) is 0 Å². The maximum absolute atomic E-state index is 11.6. The fourth-order valence-corrected chi connectivity index (χ4v) is 2.62. The summed E-state index contributed by atoms with van der Waals surface area (Å²) in [7, 11) is 1.23. The number of halogens is 2. The lowest BCUT2D eigenvalue weighted by molar-refractivity contribution is -0.135. The Labute approximate surface area is 129 Å². The smallest absolute Gasteiger partial charge is 0.331 e. The van der Waals surface area contributed by atoms with Crippen molar-refractivity contribution in [2.24, 2.45) is 4.99 Å². The van der Waals surface area contributed by atoms with E-state index in [9.17, 15) is 9.59 Å². The Morgan fingerprint density at radius 3 is 2.65 bits per heavy atom. The third kappa shape index (κ3) is 3.33. The summed E-state index contributed by atoms with van der Waals surface area (Å²) in [5.41, 5.74) is 0.453. The zero-order valence-corrected chi connectivity index (χ0v) is 12.5. The number of hydrogen-bond donors (Lipinski definition) is 1. The van der Waals surface area contributed by atoms with Crippen molar-refractivity contribution >= 4 is 57.7 Å². The monoisotopic (exact) mass is 330 g/mol. The van der Waals surface area contributed by atoms with Crippen LogP contribution in [0.4, 0.5) is 5.69 Å². The van der Waals surface area contributed by atoms with E-state index < -0.39 is 11.9 Å². The number of aliphatic imine (C=N–C) groups is 1. The molecule has 2 rings (SSSR count). The van der Waals surface area contributed by atoms with Crippen molar-refractivity contribution in [3.63, 3.8) is 0 Å². The number of nitrogens with zero attached hydrogens (tertiary/aromatic N) is 1. The predicted octanol–water partition coefficient (Wildman–Crippen LogP) is 3.09. The fraction of sp³-hybridized carbons (Fsp3) is 0.0833. The SMILES string of the molecule is COC(=O)/C=C1\SC(Nc2c(Cl)cccc2Cl)=NC1=O. The maximum Gasteiger partial charge on any atom is 0.331 e. The van der Waals surface area contributed by atoms with Crippen molar-refractivity contribution in [3.8, 4) is 0 Å². The van der Waals surface area contributed by atoms with Gasteiger partial charge in [0.1, 0.15) is 0 Å². The van der Waals surface area contributed by atoms with Crippen LogP contribution in [0.25, 0.3) is 0 Å². The number of para-hydroxylation sites is 1. The number of hydrogen-bond acceptors (Lipinski definition) is 5. The number of amidine groups is 1. The molecule has 1 aliphatic heterocycles. The summed E-state index contributed by atoms with van der Waals surface area (Å²) in [5.74, 6) is -1.14. The molecule has 1 aliphatic rings. The van der Waals surface area contributed by atoms with Crippen LogP contribution in [0.1, 0.15) is 0 Å². The van der Waals surface area contributed by atoms with Crippen LogP contribution in [0.2, 0.25) is 10.0 Å². The number of ether oxygens (including phenoxy) is 1. The number of methoxy groups -OCH3 is 1. The highest BCUT2D eigenvalue weighted by molar-refractivity contribution is 8.18. The summed E-state index contributed by atoms with van der Waals surface area (Å²) in [4.78, 5) is 26.7. The summed E-state index contributed by atoms with van der Waals surface area (Å²) < 4.78 is 4.46. The molecule has 5 nitrogen and oxygen atoms in total. The molecule has 0 saturated carbocycles. The highest BCUT2D eigenvalue weighted by atomic mass is 35.5. The molecule has 1 N–H and O–H groups in total. The molecule has 0 bridgehead atoms. The molecule has 0 radical (unpaired) electrons. The minimum atomic E-state index is -0.618. The Hall–Kier alpha value is -1.50. The van der Waals surface area contributed by atoms with Crippen molar-refractivity contribution in [2.45, 2.75) is 0 Å². The summed E-state index contributed by atoms with van der Waals surface area (Å²) in [6.45, 7) is 0. The van der Waals surface area contributed by atoms with E-state index in [-0.39, 0.29) is 4.91 Å². The Morgan fingerprint density at radius 2 is 2.05 bits per heavy atom. The second-order valence-corrected chi connectivity index (χ2v) is 5.42. The van der Waals surface area contributed by atoms with Crippen LogP contribution in [-0.2, 0) is 14.3 Å². The van der Waals surface area contributed by atoms with Gasteiger partial charge in [-0.05, 0) is 23.9 Å². The van der Waals surface area contributed by atoms with Crippen LogP contribution in [0.5, 0.6) is 0 Å². The Kier molecular flexibility index (Phi) is 4.69. The van der Waals surface area contributed by atoms with E-state index in [1.54, 1.807) is 18.2 Å². The molecule has 0 unspecified atom stereocenters. The van der Waals surface area contributed by atoms with Crippen molar-refractivity contribution < 1.29 is 14.3 Å². The molecule has 1 amide bonds. The second kappa shape index (κ2) is 6.30. The third-order valence-electron chi connectivity index (χ3n) is 2.27. The molecule has 1 aromatic rings. The van der Waals surface area contributed by atoms with Crippen LogP contribution in [0.15, 0.2) is 34.2 Å². The standard InChI is InChI=1S/C12H8Cl2N2O3S/c1-19-9(17)5-8-11(18)16-12(20-8)15-10-6(13)3-2-4-7(10)14/h2-5H,1H3,(H,15,16,18)/b8-5-. The molecule has 1 heterocycles. The fourth-order valence-electron chi connectivity index (χ4n) is 1.35. The Morgan fingerprint density at radius 1 is 1.40 bits per heavy atom. The lowest BCUT2D eigenvalue weighted by Crippen LogP contribution is -2.05. The van der Waals surface area contributed by atoms with Gasteiger partial charge in [-0.1, -0.05) is 29.3 Å². The molecule has 0 spiro atoms. The van der Waals surface area contributed by atoms with Gasteiger partial charge in [-0.3, -0.25) is 4.79 Å². The normalized spacial score (nSPS) is 16.2. The molecule has 1 aromatic carbocycles. The zero-order chi connectivity index (χ0) is 14.7. The van der Waals surface area contributed by atoms with E-state index in [2.05, 4.69) is 15.0 Å². The highest BCUT2D eigenvalue weighted by Crippen LogP contribution is 2.33. The number of carbonyl (C=O) groups is 2. The van der Waals surface area contributed by atoms with Crippen LogP contribution in [0, 0.1) is 0 Å². The molecular weight excluding hydrogens is 323 g/mol. The Bertz CT molecular complexity index is 623. The van der Waals surface area contributed by atoms with Gasteiger partial charge in [-0.25, -0.2) is 4.79 Å². The predicted molar refractivity (Wildman–Crippen MR) is 80.2 cm³/mol. The first-order valence-electron chi connectivity index (χ1n) is 5.33. The topological polar surface area (TPSA) is 67.8 Å². The van der Waals surface area contributed by atoms with Gasteiger partial charge in [0.2, 0.25) is 0 Å². The van der Waals surface area contributed by atoms with Gasteiger partial charge in [0.15, 0.2) is 5.17 Å². The van der Waals surface area contributed by atoms with Crippen molar-refractivity contribution in [1.82, 2.24) is 0 Å². The minimum Gasteiger partial charge on any atom is -0.466 e. The van der Waals surface area contributed by atoms with Gasteiger partial charge < -0.3 is 10.1 Å². The van der Waals surface area contributed by atoms with Crippen LogP contribution < -0.4 is 5.32 Å². The van der Waals surface area contributed by atoms with Gasteiger partial charge in [-0.2, -0.15) is 4.99 Å². The van der Waals surface area contributed by atoms with Crippen LogP contribution >= 0.6 is 35.0 Å². The highest BCUT2D eigenvalue weighted by Gasteiger charge is 2.24. The molecular formula is C12H8Cl2N2O3S. The zero-order valence-electron chi connectivity index (χ0n) is 10.1. The number of benzene rings is 1. The third-order valence-corrected chi connectivity index (χ3v) is 3.79. The molecule has 20 heavy (non-hydrogen) atoms. The largest absolute Gasteiger partial charge is 0.466 e. The van der Waals surface area contributed by atoms with Gasteiger partial charge in [-0.15, -0.1) is 0 Å². The summed E-state index contributed by atoms with van der Waals surface area (Å²) >= 11 is 13.0. The van der Waals surface area contributed by atoms with Gasteiger partial charge in [0.05, 0.1) is 27.7 Å². The van der Waals surface area contributed by atoms with Crippen LogP contribution in [-0.4, -0.2) is 24.2 Å². The second-order valence-electron chi connectivity index (χ2n) is 3.58. The first-order valence-corrected chi connectivity index (χ1v) is 6.90. The van der Waals surface area contributed by atoms with Crippen LogP contribution in [0.3, 0.4) is 0 Å². The number of nitrogens with one attached hydrogen (secondary N) is 1. The molecule has 0 atom stereocenters. The lowest BCUT2D eigenvalue weighted by atomic mass is 10.3. The summed E-state index contributed by atoms with van der Waals surface area (Å²) in [6.07, 6.45) is 1.08. The maximum atomic E-state index is 11.6. The first-order chi connectivity index (χ1) is 9.51. The first kappa shape index (κ1) is 14.9. The molecule has 8 heteroatoms. The van der Waals surface area contributed by atoms with E-state index in [4.69, 9.17) is 23.2 Å². The number of thioether (sulfide) groups is 1. The lowest BCUT2D eigenvalue weighted by Gasteiger charge is -2.08. The van der Waals surface area contributed by atoms with Crippen molar-refractivity contribution in [1.29, 1.82) is 0 Å². The number of amides is 1. The van der Waals surface area contributed by atoms with Gasteiger partial charge in [0, 0.05) is 6.08 Å². The minimum absolute atomic E-state index is 0.169. The van der Waals surface area contributed by atoms with Crippen molar-refractivity contribution in [2.75, 3.05) is 12.4 Å². The molecule has 0 fully saturated rings. The number of esters is 1. The molecule has 0 aromatic heterocycles. The average molecular weight is 331 g/mol. The van der Waals surface area contributed by atoms with Gasteiger partial charge >= 0.3 is 5.97 Å². The quantitative estimate of drug-likeness (QED) is 0.666.